The minimum Gasteiger partial charge on any atom is -0.341 e. The topological polar surface area (TPSA) is 83.6 Å². The lowest BCUT2D eigenvalue weighted by Crippen LogP contribution is -2.12. The third-order valence-corrected chi connectivity index (χ3v) is 4.16. The number of halogens is 2. The van der Waals surface area contributed by atoms with Crippen LogP contribution in [0.3, 0.4) is 0 Å². The number of aromatic nitrogens is 4. The van der Waals surface area contributed by atoms with E-state index in [1.165, 1.54) is 17.7 Å². The van der Waals surface area contributed by atoms with E-state index in [4.69, 9.17) is 11.6 Å². The van der Waals surface area contributed by atoms with Gasteiger partial charge in [0.25, 0.3) is 5.91 Å². The van der Waals surface area contributed by atoms with Gasteiger partial charge in [0.05, 0.1) is 15.0 Å². The fraction of sp³-hybridized carbons (Fsp3) is 0. The van der Waals surface area contributed by atoms with E-state index < -0.39 is 0 Å². The molecule has 0 bridgehead atoms. The molecule has 2 N–H and O–H groups in total. The summed E-state index contributed by atoms with van der Waals surface area (Å²) in [6, 6.07) is 3.50. The highest BCUT2D eigenvalue weighted by molar-refractivity contribution is 9.11. The number of fused-ring (bicyclic) bond motifs is 1. The van der Waals surface area contributed by atoms with E-state index in [9.17, 15) is 4.79 Å². The van der Waals surface area contributed by atoms with Gasteiger partial charge in [-0.2, -0.15) is 9.97 Å². The first-order chi connectivity index (χ1) is 9.13. The molecule has 3 aromatic rings. The second-order valence-corrected chi connectivity index (χ2v) is 6.32. The fourth-order valence-electron chi connectivity index (χ4n) is 1.45. The molecule has 0 saturated heterocycles. The summed E-state index contributed by atoms with van der Waals surface area (Å²) in [5.74, 6) is -0.166. The molecule has 0 atom stereocenters. The van der Waals surface area contributed by atoms with Crippen LogP contribution in [-0.4, -0.2) is 25.8 Å². The zero-order valence-electron chi connectivity index (χ0n) is 9.15. The molecule has 0 spiro atoms. The van der Waals surface area contributed by atoms with Crippen molar-refractivity contribution in [2.75, 3.05) is 5.32 Å². The molecule has 0 aliphatic rings. The first kappa shape index (κ1) is 12.5. The number of imidazole rings is 1. The Morgan fingerprint density at radius 2 is 2.26 bits per heavy atom. The van der Waals surface area contributed by atoms with Crippen LogP contribution in [0.15, 0.2) is 22.2 Å². The molecule has 3 aromatic heterocycles. The summed E-state index contributed by atoms with van der Waals surface area (Å²) in [7, 11) is 0. The molecular weight excluding hydrogens is 354 g/mol. The Balaban J connectivity index is 1.90. The SMILES string of the molecule is O=C(Nc1nc(Cl)c2[nH]cnc2n1)c1ccc(Br)s1. The number of carbonyl (C=O) groups excluding carboxylic acids is 1. The van der Waals surface area contributed by atoms with Crippen LogP contribution in [0.4, 0.5) is 5.95 Å². The molecule has 0 radical (unpaired) electrons. The number of H-pyrrole nitrogens is 1. The molecule has 0 saturated carbocycles. The second-order valence-electron chi connectivity index (χ2n) is 3.50. The van der Waals surface area contributed by atoms with E-state index in [1.807, 2.05) is 0 Å². The minimum atomic E-state index is -0.290. The van der Waals surface area contributed by atoms with Gasteiger partial charge in [0.1, 0.15) is 5.52 Å². The third-order valence-electron chi connectivity index (χ3n) is 2.26. The molecule has 0 aliphatic carbocycles. The number of nitrogens with zero attached hydrogens (tertiary/aromatic N) is 3. The van der Waals surface area contributed by atoms with Crippen LogP contribution < -0.4 is 5.32 Å². The maximum Gasteiger partial charge on any atom is 0.268 e. The quantitative estimate of drug-likeness (QED) is 0.690. The highest BCUT2D eigenvalue weighted by Gasteiger charge is 2.13. The van der Waals surface area contributed by atoms with Crippen molar-refractivity contribution >= 4 is 61.9 Å². The van der Waals surface area contributed by atoms with Crippen molar-refractivity contribution in [3.8, 4) is 0 Å². The van der Waals surface area contributed by atoms with E-state index in [0.717, 1.165) is 3.79 Å². The zero-order chi connectivity index (χ0) is 13.4. The van der Waals surface area contributed by atoms with Crippen LogP contribution in [0, 0.1) is 0 Å². The number of hydrogen-bond donors (Lipinski definition) is 2. The van der Waals surface area contributed by atoms with Gasteiger partial charge in [0, 0.05) is 0 Å². The number of amides is 1. The van der Waals surface area contributed by atoms with Gasteiger partial charge in [0.2, 0.25) is 5.95 Å². The standard InChI is InChI=1S/C10H5BrClN5OS/c11-5-2-1-4(19-5)9(18)17-10-15-7(12)6-8(16-10)14-3-13-6/h1-3H,(H2,13,14,15,16,17,18). The smallest absolute Gasteiger partial charge is 0.268 e. The minimum absolute atomic E-state index is 0.124. The van der Waals surface area contributed by atoms with Crippen LogP contribution in [0.25, 0.3) is 11.2 Å². The van der Waals surface area contributed by atoms with Crippen molar-refractivity contribution in [3.05, 3.63) is 32.3 Å². The largest absolute Gasteiger partial charge is 0.341 e. The summed E-state index contributed by atoms with van der Waals surface area (Å²) in [5.41, 5.74) is 0.946. The van der Waals surface area contributed by atoms with E-state index in [1.54, 1.807) is 12.1 Å². The van der Waals surface area contributed by atoms with Gasteiger partial charge in [-0.15, -0.1) is 11.3 Å². The second kappa shape index (κ2) is 4.87. The molecule has 0 aliphatic heterocycles. The molecule has 0 aromatic carbocycles. The van der Waals surface area contributed by atoms with Gasteiger partial charge in [-0.25, -0.2) is 4.98 Å². The van der Waals surface area contributed by atoms with Crippen LogP contribution in [-0.2, 0) is 0 Å². The third kappa shape index (κ3) is 2.46. The Bertz CT molecular complexity index is 770. The Hall–Kier alpha value is -1.51. The number of aromatic amines is 1. The average Bonchev–Trinajstić information content (AvgIpc) is 2.97. The van der Waals surface area contributed by atoms with Crippen molar-refractivity contribution in [3.63, 3.8) is 0 Å². The highest BCUT2D eigenvalue weighted by Crippen LogP contribution is 2.23. The summed E-state index contributed by atoms with van der Waals surface area (Å²) < 4.78 is 0.874. The first-order valence-corrected chi connectivity index (χ1v) is 7.05. The Kier molecular flexibility index (Phi) is 3.21. The summed E-state index contributed by atoms with van der Waals surface area (Å²) in [6.07, 6.45) is 1.47. The lowest BCUT2D eigenvalue weighted by atomic mass is 10.4. The van der Waals surface area contributed by atoms with Crippen molar-refractivity contribution in [2.45, 2.75) is 0 Å². The van der Waals surface area contributed by atoms with Crippen molar-refractivity contribution < 1.29 is 4.79 Å². The van der Waals surface area contributed by atoms with Crippen molar-refractivity contribution in [1.29, 1.82) is 0 Å². The highest BCUT2D eigenvalue weighted by atomic mass is 79.9. The van der Waals surface area contributed by atoms with E-state index in [2.05, 4.69) is 41.2 Å². The van der Waals surface area contributed by atoms with Gasteiger partial charge >= 0.3 is 0 Å². The maximum absolute atomic E-state index is 11.9. The maximum atomic E-state index is 11.9. The lowest BCUT2D eigenvalue weighted by molar-refractivity contribution is 0.102. The monoisotopic (exact) mass is 357 g/mol. The average molecular weight is 359 g/mol. The molecule has 3 rings (SSSR count). The normalized spacial score (nSPS) is 10.8. The molecule has 96 valence electrons. The molecule has 9 heteroatoms. The summed E-state index contributed by atoms with van der Waals surface area (Å²) in [6.45, 7) is 0. The molecule has 1 amide bonds. The van der Waals surface area contributed by atoms with Gasteiger partial charge < -0.3 is 4.98 Å². The molecule has 0 unspecified atom stereocenters. The first-order valence-electron chi connectivity index (χ1n) is 5.07. The predicted octanol–water partition coefficient (Wildman–Crippen LogP) is 3.08. The van der Waals surface area contributed by atoms with E-state index >= 15 is 0 Å². The van der Waals surface area contributed by atoms with Gasteiger partial charge in [0.15, 0.2) is 10.8 Å². The molecule has 3 heterocycles. The summed E-state index contributed by atoms with van der Waals surface area (Å²) in [4.78, 5) is 27.4. The lowest BCUT2D eigenvalue weighted by Gasteiger charge is -2.02. The van der Waals surface area contributed by atoms with Crippen LogP contribution in [0.2, 0.25) is 5.15 Å². The predicted molar refractivity (Wildman–Crippen MR) is 76.7 cm³/mol. The van der Waals surface area contributed by atoms with Crippen molar-refractivity contribution in [2.24, 2.45) is 0 Å². The van der Waals surface area contributed by atoms with E-state index in [0.29, 0.717) is 16.0 Å². The van der Waals surface area contributed by atoms with Crippen LogP contribution in [0.1, 0.15) is 9.67 Å². The Morgan fingerprint density at radius 1 is 1.42 bits per heavy atom. The van der Waals surface area contributed by atoms with Crippen LogP contribution in [0.5, 0.6) is 0 Å². The molecular formula is C10H5BrClN5OS. The van der Waals surface area contributed by atoms with E-state index in [-0.39, 0.29) is 17.0 Å². The molecule has 0 fully saturated rings. The summed E-state index contributed by atoms with van der Waals surface area (Å²) in [5, 5.41) is 2.80. The molecule has 6 nitrogen and oxygen atoms in total. The number of anilines is 1. The number of hydrogen-bond acceptors (Lipinski definition) is 5. The van der Waals surface area contributed by atoms with Gasteiger partial charge in [-0.3, -0.25) is 10.1 Å². The fourth-order valence-corrected chi connectivity index (χ4v) is 2.95. The van der Waals surface area contributed by atoms with Gasteiger partial charge in [-0.1, -0.05) is 11.6 Å². The number of thiophene rings is 1. The Labute approximate surface area is 124 Å². The molecule has 19 heavy (non-hydrogen) atoms. The summed E-state index contributed by atoms with van der Waals surface area (Å²) >= 11 is 10.6. The number of carbonyl (C=O) groups is 1. The van der Waals surface area contributed by atoms with Gasteiger partial charge in [-0.05, 0) is 28.1 Å². The zero-order valence-corrected chi connectivity index (χ0v) is 12.3. The number of nitrogens with one attached hydrogen (secondary N) is 2. The number of rotatable bonds is 2. The van der Waals surface area contributed by atoms with Crippen molar-refractivity contribution in [1.82, 2.24) is 19.9 Å². The van der Waals surface area contributed by atoms with Crippen LogP contribution >= 0.6 is 38.9 Å². The Morgan fingerprint density at radius 3 is 3.00 bits per heavy atom.